The first kappa shape index (κ1) is 23.3. The number of amides is 2. The number of rotatable bonds is 9. The number of carbonyl (C=O) groups excluding carboxylic acids is 2. The number of benzene rings is 1. The molecule has 7 nitrogen and oxygen atoms in total. The van der Waals surface area contributed by atoms with Gasteiger partial charge in [-0.1, -0.05) is 36.7 Å². The Hall–Kier alpha value is -1.94. The van der Waals surface area contributed by atoms with Gasteiger partial charge in [-0.15, -0.1) is 11.3 Å². The second-order valence-electron chi connectivity index (χ2n) is 6.44. The Morgan fingerprint density at radius 3 is 2.38 bits per heavy atom. The van der Waals surface area contributed by atoms with Crippen LogP contribution in [0.15, 0.2) is 46.7 Å². The van der Waals surface area contributed by atoms with Crippen LogP contribution in [0.3, 0.4) is 0 Å². The summed E-state index contributed by atoms with van der Waals surface area (Å²) in [5.74, 6) is -0.787. The first-order chi connectivity index (χ1) is 13.7. The van der Waals surface area contributed by atoms with E-state index in [-0.39, 0.29) is 16.7 Å². The number of nitrogens with one attached hydrogen (secondary N) is 1. The van der Waals surface area contributed by atoms with E-state index in [2.05, 4.69) is 5.32 Å². The lowest BCUT2D eigenvalue weighted by molar-refractivity contribution is -0.138. The van der Waals surface area contributed by atoms with Gasteiger partial charge < -0.3 is 10.2 Å². The van der Waals surface area contributed by atoms with Crippen LogP contribution in [0.2, 0.25) is 4.34 Å². The van der Waals surface area contributed by atoms with Gasteiger partial charge in [0.2, 0.25) is 11.8 Å². The maximum atomic E-state index is 12.8. The van der Waals surface area contributed by atoms with Crippen molar-refractivity contribution in [2.24, 2.45) is 0 Å². The molecule has 10 heteroatoms. The smallest absolute Gasteiger partial charge is 0.252 e. The molecule has 0 aliphatic heterocycles. The minimum atomic E-state index is -3.84. The molecule has 0 aliphatic rings. The SMILES string of the molecule is CCCN(C(=O)CN(C)S(=O)(=O)c1ccc(Cl)s1)C(C)C(=O)Nc1ccccc1. The van der Waals surface area contributed by atoms with Gasteiger partial charge in [0.25, 0.3) is 10.0 Å². The van der Waals surface area contributed by atoms with E-state index in [0.29, 0.717) is 23.0 Å². The van der Waals surface area contributed by atoms with E-state index in [1.165, 1.54) is 24.1 Å². The molecule has 0 radical (unpaired) electrons. The minimum Gasteiger partial charge on any atom is -0.330 e. The Kier molecular flexibility index (Phi) is 8.21. The normalized spacial score (nSPS) is 12.6. The minimum absolute atomic E-state index is 0.0645. The van der Waals surface area contributed by atoms with Crippen LogP contribution in [0.25, 0.3) is 0 Å². The summed E-state index contributed by atoms with van der Waals surface area (Å²) in [7, 11) is -2.50. The van der Waals surface area contributed by atoms with E-state index in [4.69, 9.17) is 11.6 Å². The third-order valence-corrected chi connectivity index (χ3v) is 7.75. The number of thiophene rings is 1. The number of carbonyl (C=O) groups is 2. The summed E-state index contributed by atoms with van der Waals surface area (Å²) in [6.07, 6.45) is 0.631. The van der Waals surface area contributed by atoms with Gasteiger partial charge in [0.15, 0.2) is 0 Å². The van der Waals surface area contributed by atoms with Crippen LogP contribution in [0.5, 0.6) is 0 Å². The molecule has 0 fully saturated rings. The van der Waals surface area contributed by atoms with Crippen molar-refractivity contribution >= 4 is 50.5 Å². The molecule has 1 unspecified atom stereocenters. The molecule has 2 aromatic rings. The van der Waals surface area contributed by atoms with Crippen LogP contribution < -0.4 is 5.32 Å². The fourth-order valence-corrected chi connectivity index (χ4v) is 5.46. The summed E-state index contributed by atoms with van der Waals surface area (Å²) in [5.41, 5.74) is 0.627. The van der Waals surface area contributed by atoms with Gasteiger partial charge in [-0.25, -0.2) is 8.42 Å². The zero-order valence-corrected chi connectivity index (χ0v) is 18.9. The molecule has 158 valence electrons. The van der Waals surface area contributed by atoms with E-state index < -0.39 is 22.0 Å². The van der Waals surface area contributed by atoms with Gasteiger partial charge in [-0.2, -0.15) is 4.31 Å². The summed E-state index contributed by atoms with van der Waals surface area (Å²) in [4.78, 5) is 26.8. The average Bonchev–Trinajstić information content (AvgIpc) is 3.13. The Morgan fingerprint density at radius 1 is 1.17 bits per heavy atom. The molecule has 0 saturated heterocycles. The Morgan fingerprint density at radius 2 is 1.83 bits per heavy atom. The van der Waals surface area contributed by atoms with Gasteiger partial charge in [0.1, 0.15) is 10.3 Å². The van der Waals surface area contributed by atoms with Gasteiger partial charge in [-0.3, -0.25) is 9.59 Å². The summed E-state index contributed by atoms with van der Waals surface area (Å²) >= 11 is 6.76. The van der Waals surface area contributed by atoms with Crippen LogP contribution in [0.4, 0.5) is 5.69 Å². The van der Waals surface area contributed by atoms with E-state index in [1.807, 2.05) is 13.0 Å². The fourth-order valence-electron chi connectivity index (χ4n) is 2.64. The number of hydrogen-bond acceptors (Lipinski definition) is 5. The van der Waals surface area contributed by atoms with Crippen molar-refractivity contribution < 1.29 is 18.0 Å². The van der Waals surface area contributed by atoms with E-state index in [9.17, 15) is 18.0 Å². The largest absolute Gasteiger partial charge is 0.330 e. The Labute approximate surface area is 180 Å². The van der Waals surface area contributed by atoms with Crippen LogP contribution in [-0.2, 0) is 19.6 Å². The Balaban J connectivity index is 2.10. The summed E-state index contributed by atoms with van der Waals surface area (Å²) < 4.78 is 26.7. The first-order valence-electron chi connectivity index (χ1n) is 9.04. The fraction of sp³-hybridized carbons (Fsp3) is 0.368. The maximum Gasteiger partial charge on any atom is 0.252 e. The third kappa shape index (κ3) is 6.02. The van der Waals surface area contributed by atoms with Crippen LogP contribution >= 0.6 is 22.9 Å². The van der Waals surface area contributed by atoms with Crippen molar-refractivity contribution in [2.45, 2.75) is 30.5 Å². The first-order valence-corrected chi connectivity index (χ1v) is 11.7. The van der Waals surface area contributed by atoms with Gasteiger partial charge >= 0.3 is 0 Å². The number of nitrogens with zero attached hydrogens (tertiary/aromatic N) is 2. The lowest BCUT2D eigenvalue weighted by Crippen LogP contribution is -2.49. The van der Waals surface area contributed by atoms with Gasteiger partial charge in [0, 0.05) is 19.3 Å². The third-order valence-electron chi connectivity index (χ3n) is 4.24. The highest BCUT2D eigenvalue weighted by Gasteiger charge is 2.30. The number of sulfonamides is 1. The monoisotopic (exact) mass is 457 g/mol. The van der Waals surface area contributed by atoms with Crippen molar-refractivity contribution in [1.82, 2.24) is 9.21 Å². The van der Waals surface area contributed by atoms with E-state index >= 15 is 0 Å². The highest BCUT2D eigenvalue weighted by atomic mass is 35.5. The molecular weight excluding hydrogens is 434 g/mol. The molecule has 29 heavy (non-hydrogen) atoms. The van der Waals surface area contributed by atoms with Crippen molar-refractivity contribution in [2.75, 3.05) is 25.5 Å². The lowest BCUT2D eigenvalue weighted by atomic mass is 10.2. The zero-order valence-electron chi connectivity index (χ0n) is 16.5. The van der Waals surface area contributed by atoms with Crippen LogP contribution in [-0.4, -0.2) is 55.6 Å². The Bertz CT molecular complexity index is 947. The molecular formula is C19H24ClN3O4S2. The number of anilines is 1. The number of halogens is 1. The average molecular weight is 458 g/mol. The lowest BCUT2D eigenvalue weighted by Gasteiger charge is -2.29. The summed E-state index contributed by atoms with van der Waals surface area (Å²) in [5, 5.41) is 2.77. The summed E-state index contributed by atoms with van der Waals surface area (Å²) in [6.45, 7) is 3.47. The summed E-state index contributed by atoms with van der Waals surface area (Å²) in [6, 6.07) is 11.1. The molecule has 1 aromatic heterocycles. The molecule has 0 aliphatic carbocycles. The van der Waals surface area contributed by atoms with Crippen molar-refractivity contribution in [3.05, 3.63) is 46.8 Å². The molecule has 2 rings (SSSR count). The molecule has 0 saturated carbocycles. The molecule has 0 spiro atoms. The highest BCUT2D eigenvalue weighted by molar-refractivity contribution is 7.91. The number of likely N-dealkylation sites (N-methyl/N-ethyl adjacent to an activating group) is 1. The number of para-hydroxylation sites is 1. The van der Waals surface area contributed by atoms with Crippen molar-refractivity contribution in [3.63, 3.8) is 0 Å². The molecule has 1 N–H and O–H groups in total. The second kappa shape index (κ2) is 10.2. The maximum absolute atomic E-state index is 12.8. The molecule has 1 atom stereocenters. The van der Waals surface area contributed by atoms with E-state index in [0.717, 1.165) is 15.6 Å². The highest BCUT2D eigenvalue weighted by Crippen LogP contribution is 2.27. The van der Waals surface area contributed by atoms with Gasteiger partial charge in [0.05, 0.1) is 10.9 Å². The predicted octanol–water partition coefficient (Wildman–Crippen LogP) is 3.29. The molecule has 1 aromatic carbocycles. The predicted molar refractivity (Wildman–Crippen MR) is 116 cm³/mol. The molecule has 1 heterocycles. The number of hydrogen-bond donors (Lipinski definition) is 1. The molecule has 0 bridgehead atoms. The second-order valence-corrected chi connectivity index (χ2v) is 10.4. The van der Waals surface area contributed by atoms with E-state index in [1.54, 1.807) is 31.2 Å². The standard InChI is InChI=1S/C19H24ClN3O4S2/c1-4-12-23(14(2)19(25)21-15-8-6-5-7-9-15)17(24)13-22(3)29(26,27)18-11-10-16(20)28-18/h5-11,14H,4,12-13H2,1-3H3,(H,21,25). The van der Waals surface area contributed by atoms with Crippen LogP contribution in [0, 0.1) is 0 Å². The quantitative estimate of drug-likeness (QED) is 0.626. The topological polar surface area (TPSA) is 86.8 Å². The molecule has 2 amide bonds. The van der Waals surface area contributed by atoms with Crippen molar-refractivity contribution in [3.8, 4) is 0 Å². The zero-order chi connectivity index (χ0) is 21.6. The van der Waals surface area contributed by atoms with Gasteiger partial charge in [-0.05, 0) is 37.6 Å². The van der Waals surface area contributed by atoms with Crippen molar-refractivity contribution in [1.29, 1.82) is 0 Å². The van der Waals surface area contributed by atoms with Crippen LogP contribution in [0.1, 0.15) is 20.3 Å².